The van der Waals surface area contributed by atoms with Crippen molar-refractivity contribution < 1.29 is 5.21 Å². The Bertz CT molecular complexity index is 250. The van der Waals surface area contributed by atoms with Crippen molar-refractivity contribution in [3.63, 3.8) is 0 Å². The topological polar surface area (TPSA) is 32.3 Å². The minimum Gasteiger partial charge on any atom is -0.316 e. The SMILES string of the molecule is Cc1ccc(Br)c(CNO)c1. The summed E-state index contributed by atoms with van der Waals surface area (Å²) in [5.74, 6) is 0. The second-order valence-electron chi connectivity index (χ2n) is 2.43. The number of hydrogen-bond acceptors (Lipinski definition) is 2. The van der Waals surface area contributed by atoms with Gasteiger partial charge in [-0.1, -0.05) is 33.6 Å². The van der Waals surface area contributed by atoms with E-state index in [1.165, 1.54) is 5.56 Å². The lowest BCUT2D eigenvalue weighted by Gasteiger charge is -2.03. The van der Waals surface area contributed by atoms with Gasteiger partial charge in [0.1, 0.15) is 0 Å². The molecule has 1 aromatic rings. The zero-order chi connectivity index (χ0) is 8.27. The molecular weight excluding hydrogens is 206 g/mol. The van der Waals surface area contributed by atoms with Crippen LogP contribution in [-0.2, 0) is 6.54 Å². The first kappa shape index (κ1) is 8.71. The number of hydrogen-bond donors (Lipinski definition) is 2. The van der Waals surface area contributed by atoms with Crippen LogP contribution < -0.4 is 5.48 Å². The molecule has 2 nitrogen and oxygen atoms in total. The molecule has 60 valence electrons. The summed E-state index contributed by atoms with van der Waals surface area (Å²) in [5.41, 5.74) is 4.38. The van der Waals surface area contributed by atoms with Gasteiger partial charge in [0.15, 0.2) is 0 Å². The molecule has 0 heterocycles. The molecule has 0 aliphatic rings. The van der Waals surface area contributed by atoms with Gasteiger partial charge in [-0.2, -0.15) is 0 Å². The van der Waals surface area contributed by atoms with Crippen LogP contribution >= 0.6 is 15.9 Å². The molecule has 1 aromatic carbocycles. The van der Waals surface area contributed by atoms with E-state index in [1.807, 2.05) is 25.1 Å². The maximum absolute atomic E-state index is 8.46. The third-order valence-corrected chi connectivity index (χ3v) is 2.24. The fraction of sp³-hybridized carbons (Fsp3) is 0.250. The van der Waals surface area contributed by atoms with Gasteiger partial charge in [-0.15, -0.1) is 0 Å². The van der Waals surface area contributed by atoms with Gasteiger partial charge in [0, 0.05) is 11.0 Å². The monoisotopic (exact) mass is 215 g/mol. The lowest BCUT2D eigenvalue weighted by atomic mass is 10.1. The maximum Gasteiger partial charge on any atom is 0.0469 e. The van der Waals surface area contributed by atoms with Crippen LogP contribution in [0.3, 0.4) is 0 Å². The number of aryl methyl sites for hydroxylation is 1. The molecule has 0 saturated heterocycles. The van der Waals surface area contributed by atoms with Gasteiger partial charge in [-0.3, -0.25) is 0 Å². The van der Waals surface area contributed by atoms with Crippen molar-refractivity contribution in [2.24, 2.45) is 0 Å². The maximum atomic E-state index is 8.46. The molecule has 0 amide bonds. The molecule has 0 bridgehead atoms. The van der Waals surface area contributed by atoms with Crippen LogP contribution in [0.1, 0.15) is 11.1 Å². The van der Waals surface area contributed by atoms with Crippen molar-refractivity contribution in [1.29, 1.82) is 0 Å². The van der Waals surface area contributed by atoms with Gasteiger partial charge >= 0.3 is 0 Å². The second kappa shape index (κ2) is 3.85. The van der Waals surface area contributed by atoms with Crippen molar-refractivity contribution in [1.82, 2.24) is 5.48 Å². The van der Waals surface area contributed by atoms with Crippen LogP contribution in [0, 0.1) is 6.92 Å². The Morgan fingerprint density at radius 1 is 1.55 bits per heavy atom. The Kier molecular flexibility index (Phi) is 3.05. The summed E-state index contributed by atoms with van der Waals surface area (Å²) >= 11 is 3.38. The fourth-order valence-corrected chi connectivity index (χ4v) is 1.31. The molecule has 0 radical (unpaired) electrons. The number of rotatable bonds is 2. The molecule has 0 aliphatic heterocycles. The first-order chi connectivity index (χ1) is 5.24. The Morgan fingerprint density at radius 3 is 2.91 bits per heavy atom. The number of benzene rings is 1. The Morgan fingerprint density at radius 2 is 2.27 bits per heavy atom. The minimum atomic E-state index is 0.474. The van der Waals surface area contributed by atoms with E-state index in [9.17, 15) is 0 Å². The second-order valence-corrected chi connectivity index (χ2v) is 3.28. The first-order valence-electron chi connectivity index (χ1n) is 3.36. The van der Waals surface area contributed by atoms with E-state index < -0.39 is 0 Å². The van der Waals surface area contributed by atoms with Gasteiger partial charge in [-0.25, -0.2) is 5.48 Å². The standard InChI is InChI=1S/C8H10BrNO/c1-6-2-3-8(9)7(4-6)5-10-11/h2-4,10-11H,5H2,1H3. The van der Waals surface area contributed by atoms with Crippen molar-refractivity contribution >= 4 is 15.9 Å². The third-order valence-electron chi connectivity index (χ3n) is 1.47. The summed E-state index contributed by atoms with van der Waals surface area (Å²) in [6, 6.07) is 6.01. The smallest absolute Gasteiger partial charge is 0.0469 e. The molecule has 2 N–H and O–H groups in total. The zero-order valence-electron chi connectivity index (χ0n) is 6.26. The molecule has 0 aliphatic carbocycles. The van der Waals surface area contributed by atoms with Crippen LogP contribution in [0.2, 0.25) is 0 Å². The molecule has 0 unspecified atom stereocenters. The highest BCUT2D eigenvalue weighted by Gasteiger charge is 1.97. The highest BCUT2D eigenvalue weighted by atomic mass is 79.9. The van der Waals surface area contributed by atoms with E-state index in [2.05, 4.69) is 21.4 Å². The number of nitrogens with one attached hydrogen (secondary N) is 1. The average molecular weight is 216 g/mol. The predicted octanol–water partition coefficient (Wildman–Crippen LogP) is 2.24. The van der Waals surface area contributed by atoms with E-state index >= 15 is 0 Å². The van der Waals surface area contributed by atoms with E-state index in [0.29, 0.717) is 6.54 Å². The van der Waals surface area contributed by atoms with Crippen molar-refractivity contribution in [2.75, 3.05) is 0 Å². The summed E-state index contributed by atoms with van der Waals surface area (Å²) in [6.07, 6.45) is 0. The summed E-state index contributed by atoms with van der Waals surface area (Å²) < 4.78 is 1.02. The molecule has 0 spiro atoms. The average Bonchev–Trinajstić information content (AvgIpc) is 1.98. The van der Waals surface area contributed by atoms with Gasteiger partial charge in [-0.05, 0) is 18.6 Å². The first-order valence-corrected chi connectivity index (χ1v) is 4.15. The molecular formula is C8H10BrNO. The summed E-state index contributed by atoms with van der Waals surface area (Å²) in [5, 5.41) is 8.46. The zero-order valence-corrected chi connectivity index (χ0v) is 7.85. The third kappa shape index (κ3) is 2.29. The van der Waals surface area contributed by atoms with Crippen LogP contribution in [0.5, 0.6) is 0 Å². The molecule has 0 fully saturated rings. The lowest BCUT2D eigenvalue weighted by Crippen LogP contribution is -2.06. The lowest BCUT2D eigenvalue weighted by molar-refractivity contribution is 0.161. The van der Waals surface area contributed by atoms with Crippen molar-refractivity contribution in [3.8, 4) is 0 Å². The number of halogens is 1. The Balaban J connectivity index is 2.93. The van der Waals surface area contributed by atoms with E-state index in [4.69, 9.17) is 5.21 Å². The normalized spacial score (nSPS) is 10.1. The van der Waals surface area contributed by atoms with Crippen LogP contribution in [0.15, 0.2) is 22.7 Å². The summed E-state index contributed by atoms with van der Waals surface area (Å²) in [4.78, 5) is 0. The van der Waals surface area contributed by atoms with Crippen LogP contribution in [-0.4, -0.2) is 5.21 Å². The van der Waals surface area contributed by atoms with Gasteiger partial charge in [0.2, 0.25) is 0 Å². The van der Waals surface area contributed by atoms with E-state index in [-0.39, 0.29) is 0 Å². The van der Waals surface area contributed by atoms with Gasteiger partial charge < -0.3 is 5.21 Å². The van der Waals surface area contributed by atoms with Crippen LogP contribution in [0.4, 0.5) is 0 Å². The van der Waals surface area contributed by atoms with E-state index in [1.54, 1.807) is 0 Å². The predicted molar refractivity (Wildman–Crippen MR) is 47.5 cm³/mol. The minimum absolute atomic E-state index is 0.474. The fourth-order valence-electron chi connectivity index (χ4n) is 0.924. The van der Waals surface area contributed by atoms with Crippen molar-refractivity contribution in [3.05, 3.63) is 33.8 Å². The van der Waals surface area contributed by atoms with Crippen molar-refractivity contribution in [2.45, 2.75) is 13.5 Å². The molecule has 11 heavy (non-hydrogen) atoms. The highest BCUT2D eigenvalue weighted by Crippen LogP contribution is 2.17. The molecule has 1 rings (SSSR count). The molecule has 0 aromatic heterocycles. The highest BCUT2D eigenvalue weighted by molar-refractivity contribution is 9.10. The largest absolute Gasteiger partial charge is 0.316 e. The van der Waals surface area contributed by atoms with Crippen LogP contribution in [0.25, 0.3) is 0 Å². The summed E-state index contributed by atoms with van der Waals surface area (Å²) in [6.45, 7) is 2.50. The Hall–Kier alpha value is -0.380. The van der Waals surface area contributed by atoms with E-state index in [0.717, 1.165) is 10.0 Å². The van der Waals surface area contributed by atoms with Gasteiger partial charge in [0.25, 0.3) is 0 Å². The summed E-state index contributed by atoms with van der Waals surface area (Å²) in [7, 11) is 0. The number of hydroxylamine groups is 1. The molecule has 0 atom stereocenters. The molecule has 3 heteroatoms. The quantitative estimate of drug-likeness (QED) is 0.743. The molecule has 0 saturated carbocycles. The van der Waals surface area contributed by atoms with Gasteiger partial charge in [0.05, 0.1) is 0 Å². The Labute approximate surface area is 74.3 Å².